The zero-order valence-corrected chi connectivity index (χ0v) is 11.8. The van der Waals surface area contributed by atoms with E-state index < -0.39 is 5.97 Å². The van der Waals surface area contributed by atoms with E-state index >= 15 is 0 Å². The van der Waals surface area contributed by atoms with Crippen LogP contribution in [0.4, 0.5) is 4.79 Å². The summed E-state index contributed by atoms with van der Waals surface area (Å²) in [6.07, 6.45) is 3.48. The van der Waals surface area contributed by atoms with Gasteiger partial charge in [0.2, 0.25) is 5.91 Å². The lowest BCUT2D eigenvalue weighted by Gasteiger charge is -2.28. The Bertz CT molecular complexity index is 360. The summed E-state index contributed by atoms with van der Waals surface area (Å²) < 4.78 is 0. The first-order chi connectivity index (χ1) is 9.50. The first kappa shape index (κ1) is 16.3. The minimum Gasteiger partial charge on any atom is -0.481 e. The topological polar surface area (TPSA) is 108 Å². The summed E-state index contributed by atoms with van der Waals surface area (Å²) in [6, 6.07) is -0.329. The fraction of sp³-hybridized carbons (Fsp3) is 0.769. The number of hydrogen-bond donors (Lipinski definition) is 4. The predicted octanol–water partition coefficient (Wildman–Crippen LogP) is 0.313. The molecule has 7 nitrogen and oxygen atoms in total. The highest BCUT2D eigenvalue weighted by Crippen LogP contribution is 2.29. The molecule has 1 aliphatic rings. The normalized spacial score (nSPS) is 21.9. The zero-order valence-electron chi connectivity index (χ0n) is 11.8. The molecule has 0 spiro atoms. The van der Waals surface area contributed by atoms with Crippen LogP contribution in [0.15, 0.2) is 0 Å². The van der Waals surface area contributed by atoms with E-state index in [1.807, 2.05) is 0 Å². The first-order valence-electron chi connectivity index (χ1n) is 6.99. The third-order valence-electron chi connectivity index (χ3n) is 3.54. The molecule has 2 unspecified atom stereocenters. The smallest absolute Gasteiger partial charge is 0.314 e. The van der Waals surface area contributed by atoms with Crippen LogP contribution in [-0.2, 0) is 9.59 Å². The fourth-order valence-electron chi connectivity index (χ4n) is 2.48. The van der Waals surface area contributed by atoms with Gasteiger partial charge in [0.1, 0.15) is 0 Å². The molecular weight excluding hydrogens is 262 g/mol. The quantitative estimate of drug-likeness (QED) is 0.527. The SMILES string of the molecule is CC(=O)NCCNC(=O)NCC1CCCCC1C(=O)O. The second-order valence-corrected chi connectivity index (χ2v) is 5.11. The third-order valence-corrected chi connectivity index (χ3v) is 3.54. The van der Waals surface area contributed by atoms with Crippen LogP contribution in [0.25, 0.3) is 0 Å². The maximum atomic E-state index is 11.5. The Kier molecular flexibility index (Phi) is 6.83. The van der Waals surface area contributed by atoms with Crippen molar-refractivity contribution in [2.75, 3.05) is 19.6 Å². The molecule has 0 aromatic carbocycles. The molecule has 1 aliphatic carbocycles. The summed E-state index contributed by atoms with van der Waals surface area (Å²) in [5, 5.41) is 17.0. The predicted molar refractivity (Wildman–Crippen MR) is 73.2 cm³/mol. The Morgan fingerprint density at radius 2 is 1.70 bits per heavy atom. The van der Waals surface area contributed by atoms with Crippen molar-refractivity contribution in [2.24, 2.45) is 11.8 Å². The van der Waals surface area contributed by atoms with Crippen molar-refractivity contribution < 1.29 is 19.5 Å². The molecule has 7 heteroatoms. The van der Waals surface area contributed by atoms with E-state index in [2.05, 4.69) is 16.0 Å². The summed E-state index contributed by atoms with van der Waals surface area (Å²) in [5.41, 5.74) is 0. The highest BCUT2D eigenvalue weighted by Gasteiger charge is 2.30. The molecule has 1 saturated carbocycles. The van der Waals surface area contributed by atoms with Gasteiger partial charge in [-0.05, 0) is 18.8 Å². The van der Waals surface area contributed by atoms with Gasteiger partial charge >= 0.3 is 12.0 Å². The van der Waals surface area contributed by atoms with Crippen LogP contribution in [0.5, 0.6) is 0 Å². The van der Waals surface area contributed by atoms with Crippen molar-refractivity contribution in [2.45, 2.75) is 32.6 Å². The summed E-state index contributed by atoms with van der Waals surface area (Å²) >= 11 is 0. The number of amides is 3. The molecule has 1 rings (SSSR count). The van der Waals surface area contributed by atoms with Crippen molar-refractivity contribution in [1.82, 2.24) is 16.0 Å². The number of rotatable bonds is 6. The summed E-state index contributed by atoms with van der Waals surface area (Å²) in [5.74, 6) is -1.27. The molecule has 0 aromatic heterocycles. The van der Waals surface area contributed by atoms with E-state index in [1.54, 1.807) is 0 Å². The van der Waals surface area contributed by atoms with Crippen LogP contribution in [0.1, 0.15) is 32.6 Å². The Hall–Kier alpha value is -1.79. The number of hydrogen-bond acceptors (Lipinski definition) is 3. The molecule has 114 valence electrons. The molecule has 2 atom stereocenters. The number of carbonyl (C=O) groups excluding carboxylic acids is 2. The van der Waals surface area contributed by atoms with Gasteiger partial charge in [-0.25, -0.2) is 4.79 Å². The van der Waals surface area contributed by atoms with Crippen LogP contribution in [-0.4, -0.2) is 42.6 Å². The molecule has 3 amide bonds. The van der Waals surface area contributed by atoms with E-state index in [4.69, 9.17) is 5.11 Å². The van der Waals surface area contributed by atoms with Gasteiger partial charge in [-0.3, -0.25) is 9.59 Å². The molecule has 4 N–H and O–H groups in total. The van der Waals surface area contributed by atoms with Crippen molar-refractivity contribution in [3.8, 4) is 0 Å². The van der Waals surface area contributed by atoms with Crippen LogP contribution in [0.2, 0.25) is 0 Å². The first-order valence-corrected chi connectivity index (χ1v) is 6.99. The number of carboxylic acid groups (broad SMARTS) is 1. The summed E-state index contributed by atoms with van der Waals surface area (Å²) in [7, 11) is 0. The highest BCUT2D eigenvalue weighted by atomic mass is 16.4. The maximum Gasteiger partial charge on any atom is 0.314 e. The van der Waals surface area contributed by atoms with Crippen LogP contribution in [0, 0.1) is 11.8 Å². The zero-order chi connectivity index (χ0) is 15.0. The minimum atomic E-state index is -0.775. The minimum absolute atomic E-state index is 0.00217. The average molecular weight is 285 g/mol. The van der Waals surface area contributed by atoms with Gasteiger partial charge in [0.05, 0.1) is 5.92 Å². The number of aliphatic carboxylic acids is 1. The van der Waals surface area contributed by atoms with Crippen molar-refractivity contribution in [3.63, 3.8) is 0 Å². The second kappa shape index (κ2) is 8.39. The van der Waals surface area contributed by atoms with Crippen LogP contribution in [0.3, 0.4) is 0 Å². The van der Waals surface area contributed by atoms with Crippen molar-refractivity contribution in [3.05, 3.63) is 0 Å². The molecule has 20 heavy (non-hydrogen) atoms. The highest BCUT2D eigenvalue weighted by molar-refractivity contribution is 5.75. The largest absolute Gasteiger partial charge is 0.481 e. The van der Waals surface area contributed by atoms with E-state index in [1.165, 1.54) is 6.92 Å². The fourth-order valence-corrected chi connectivity index (χ4v) is 2.48. The van der Waals surface area contributed by atoms with E-state index in [-0.39, 0.29) is 23.8 Å². The van der Waals surface area contributed by atoms with Gasteiger partial charge in [0.15, 0.2) is 0 Å². The van der Waals surface area contributed by atoms with Crippen LogP contribution < -0.4 is 16.0 Å². The van der Waals surface area contributed by atoms with E-state index in [0.29, 0.717) is 26.1 Å². The van der Waals surface area contributed by atoms with Crippen LogP contribution >= 0.6 is 0 Å². The third kappa shape index (κ3) is 5.90. The number of urea groups is 1. The number of nitrogens with one attached hydrogen (secondary N) is 3. The van der Waals surface area contributed by atoms with Gasteiger partial charge in [0.25, 0.3) is 0 Å². The molecular formula is C13H23N3O4. The Balaban J connectivity index is 2.22. The van der Waals surface area contributed by atoms with Gasteiger partial charge in [-0.1, -0.05) is 12.8 Å². The molecule has 0 aromatic rings. The molecule has 1 fully saturated rings. The Morgan fingerprint density at radius 1 is 1.05 bits per heavy atom. The second-order valence-electron chi connectivity index (χ2n) is 5.11. The van der Waals surface area contributed by atoms with Gasteiger partial charge in [0, 0.05) is 26.6 Å². The lowest BCUT2D eigenvalue weighted by molar-refractivity contribution is -0.144. The molecule has 0 bridgehead atoms. The van der Waals surface area contributed by atoms with Crippen molar-refractivity contribution in [1.29, 1.82) is 0 Å². The number of carboxylic acids is 1. The summed E-state index contributed by atoms with van der Waals surface area (Å²) in [6.45, 7) is 2.51. The van der Waals surface area contributed by atoms with E-state index in [9.17, 15) is 14.4 Å². The molecule has 0 heterocycles. The van der Waals surface area contributed by atoms with E-state index in [0.717, 1.165) is 19.3 Å². The standard InChI is InChI=1S/C13H23N3O4/c1-9(17)14-6-7-15-13(20)16-8-10-4-2-3-5-11(10)12(18)19/h10-11H,2-8H2,1H3,(H,14,17)(H,18,19)(H2,15,16,20). The molecule has 0 aliphatic heterocycles. The molecule has 0 radical (unpaired) electrons. The lowest BCUT2D eigenvalue weighted by atomic mass is 9.79. The lowest BCUT2D eigenvalue weighted by Crippen LogP contribution is -2.43. The van der Waals surface area contributed by atoms with Gasteiger partial charge < -0.3 is 21.1 Å². The van der Waals surface area contributed by atoms with Crippen molar-refractivity contribution >= 4 is 17.9 Å². The Labute approximate surface area is 118 Å². The number of carbonyl (C=O) groups is 3. The maximum absolute atomic E-state index is 11.5. The monoisotopic (exact) mass is 285 g/mol. The van der Waals surface area contributed by atoms with Gasteiger partial charge in [-0.2, -0.15) is 0 Å². The Morgan fingerprint density at radius 3 is 2.35 bits per heavy atom. The van der Waals surface area contributed by atoms with Gasteiger partial charge in [-0.15, -0.1) is 0 Å². The molecule has 0 saturated heterocycles. The average Bonchev–Trinajstić information content (AvgIpc) is 2.41. The summed E-state index contributed by atoms with van der Waals surface area (Å²) in [4.78, 5) is 33.3.